The second-order valence-electron chi connectivity index (χ2n) is 2.59. The molecule has 0 saturated carbocycles. The van der Waals surface area contributed by atoms with Gasteiger partial charge in [-0.15, -0.1) is 0 Å². The Morgan fingerprint density at radius 2 is 1.80 bits per heavy atom. The molecule has 0 fully saturated rings. The monoisotopic (exact) mass is 210 g/mol. The minimum atomic E-state index is -1.46. The van der Waals surface area contributed by atoms with Crippen molar-refractivity contribution < 1.29 is 24.6 Å². The van der Waals surface area contributed by atoms with E-state index in [0.29, 0.717) is 0 Å². The zero-order valence-corrected chi connectivity index (χ0v) is 7.30. The van der Waals surface area contributed by atoms with E-state index in [9.17, 15) is 14.4 Å². The number of aromatic carboxylic acids is 2. The molecule has 1 heterocycles. The van der Waals surface area contributed by atoms with Crippen LogP contribution < -0.4 is 5.73 Å². The normalized spacial score (nSPS) is 9.60. The number of hydrogen-bond donors (Lipinski definition) is 3. The van der Waals surface area contributed by atoms with Gasteiger partial charge in [-0.2, -0.15) is 0 Å². The molecule has 1 aromatic heterocycles. The summed E-state index contributed by atoms with van der Waals surface area (Å²) in [4.78, 5) is 35.3. The summed E-state index contributed by atoms with van der Waals surface area (Å²) in [6.07, 6.45) is 0.870. The molecule has 0 radical (unpaired) electrons. The molecular formula is C8H6N2O5. The highest BCUT2D eigenvalue weighted by atomic mass is 16.4. The maximum Gasteiger partial charge on any atom is 0.338 e. The van der Waals surface area contributed by atoms with E-state index in [-0.39, 0.29) is 5.56 Å². The van der Waals surface area contributed by atoms with Crippen molar-refractivity contribution in [2.75, 3.05) is 0 Å². The minimum absolute atomic E-state index is 0.322. The van der Waals surface area contributed by atoms with Gasteiger partial charge in [-0.3, -0.25) is 4.79 Å². The maximum atomic E-state index is 10.8. The molecule has 1 aromatic rings. The number of pyridine rings is 1. The van der Waals surface area contributed by atoms with Gasteiger partial charge in [0.1, 0.15) is 5.69 Å². The molecular weight excluding hydrogens is 204 g/mol. The average Bonchev–Trinajstić information content (AvgIpc) is 2.16. The molecule has 0 aliphatic rings. The molecule has 0 atom stereocenters. The predicted octanol–water partition coefficient (Wildman–Crippen LogP) is -0.423. The van der Waals surface area contributed by atoms with E-state index in [1.54, 1.807) is 0 Å². The zero-order chi connectivity index (χ0) is 11.6. The fourth-order valence-electron chi connectivity index (χ4n) is 0.941. The zero-order valence-electron chi connectivity index (χ0n) is 7.30. The lowest BCUT2D eigenvalue weighted by Gasteiger charge is -2.01. The number of primary amides is 1. The fourth-order valence-corrected chi connectivity index (χ4v) is 0.941. The number of rotatable bonds is 3. The molecule has 0 aliphatic carbocycles. The van der Waals surface area contributed by atoms with Crippen LogP contribution >= 0.6 is 0 Å². The molecule has 0 saturated heterocycles. The number of amides is 1. The number of carbonyl (C=O) groups excluding carboxylic acids is 1. The molecule has 0 bridgehead atoms. The van der Waals surface area contributed by atoms with E-state index in [1.165, 1.54) is 0 Å². The van der Waals surface area contributed by atoms with E-state index in [2.05, 4.69) is 4.98 Å². The van der Waals surface area contributed by atoms with Crippen molar-refractivity contribution in [3.8, 4) is 0 Å². The third kappa shape index (κ3) is 2.08. The lowest BCUT2D eigenvalue weighted by Crippen LogP contribution is -2.19. The fraction of sp³-hybridized carbons (Fsp3) is 0. The van der Waals surface area contributed by atoms with Crippen LogP contribution in [0.25, 0.3) is 0 Å². The summed E-state index contributed by atoms with van der Waals surface area (Å²) in [5.41, 5.74) is 3.55. The highest BCUT2D eigenvalue weighted by Crippen LogP contribution is 2.08. The minimum Gasteiger partial charge on any atom is -0.478 e. The van der Waals surface area contributed by atoms with Crippen LogP contribution in [0.5, 0.6) is 0 Å². The highest BCUT2D eigenvalue weighted by molar-refractivity contribution is 6.04. The summed E-state index contributed by atoms with van der Waals surface area (Å²) in [6.45, 7) is 0. The molecule has 0 unspecified atom stereocenters. The number of carbonyl (C=O) groups is 3. The van der Waals surface area contributed by atoms with Crippen molar-refractivity contribution in [1.29, 1.82) is 0 Å². The van der Waals surface area contributed by atoms with Crippen molar-refractivity contribution in [3.05, 3.63) is 29.1 Å². The predicted molar refractivity (Wildman–Crippen MR) is 46.7 cm³/mol. The second-order valence-corrected chi connectivity index (χ2v) is 2.59. The molecule has 7 nitrogen and oxygen atoms in total. The van der Waals surface area contributed by atoms with Gasteiger partial charge in [0.25, 0.3) is 5.91 Å². The Balaban J connectivity index is 3.40. The van der Waals surface area contributed by atoms with E-state index >= 15 is 0 Å². The molecule has 1 rings (SSSR count). The third-order valence-corrected chi connectivity index (χ3v) is 1.60. The summed E-state index contributed by atoms with van der Waals surface area (Å²) in [5, 5.41) is 17.3. The maximum absolute atomic E-state index is 10.8. The van der Waals surface area contributed by atoms with E-state index < -0.39 is 29.1 Å². The van der Waals surface area contributed by atoms with Crippen LogP contribution in [0.2, 0.25) is 0 Å². The Hall–Kier alpha value is -2.44. The van der Waals surface area contributed by atoms with Crippen LogP contribution in [-0.2, 0) is 0 Å². The van der Waals surface area contributed by atoms with Gasteiger partial charge in [0, 0.05) is 6.20 Å². The van der Waals surface area contributed by atoms with Crippen molar-refractivity contribution in [2.45, 2.75) is 0 Å². The van der Waals surface area contributed by atoms with E-state index in [0.717, 1.165) is 12.3 Å². The summed E-state index contributed by atoms with van der Waals surface area (Å²) in [7, 11) is 0. The first-order chi connectivity index (χ1) is 6.93. The van der Waals surface area contributed by atoms with Crippen molar-refractivity contribution in [1.82, 2.24) is 4.98 Å². The number of hydrogen-bond acceptors (Lipinski definition) is 4. The van der Waals surface area contributed by atoms with E-state index in [1.807, 2.05) is 0 Å². The summed E-state index contributed by atoms with van der Waals surface area (Å²) in [5.74, 6) is -3.82. The highest BCUT2D eigenvalue weighted by Gasteiger charge is 2.18. The Kier molecular flexibility index (Phi) is 2.65. The summed E-state index contributed by atoms with van der Waals surface area (Å²) >= 11 is 0. The smallest absolute Gasteiger partial charge is 0.338 e. The van der Waals surface area contributed by atoms with Gasteiger partial charge in [-0.1, -0.05) is 0 Å². The first-order valence-corrected chi connectivity index (χ1v) is 3.70. The first-order valence-electron chi connectivity index (χ1n) is 3.70. The van der Waals surface area contributed by atoms with Gasteiger partial charge in [0.05, 0.1) is 11.1 Å². The Morgan fingerprint density at radius 3 is 2.20 bits per heavy atom. The number of carboxylic acids is 2. The molecule has 15 heavy (non-hydrogen) atoms. The van der Waals surface area contributed by atoms with Gasteiger partial charge in [0.15, 0.2) is 0 Å². The third-order valence-electron chi connectivity index (χ3n) is 1.60. The lowest BCUT2D eigenvalue weighted by atomic mass is 10.1. The molecule has 1 amide bonds. The Bertz CT molecular complexity index is 454. The molecule has 4 N–H and O–H groups in total. The number of carboxylic acid groups (broad SMARTS) is 2. The number of nitrogens with zero attached hydrogens (tertiary/aromatic N) is 1. The average molecular weight is 210 g/mol. The Morgan fingerprint density at radius 1 is 1.20 bits per heavy atom. The van der Waals surface area contributed by atoms with Gasteiger partial charge >= 0.3 is 11.9 Å². The number of aromatic nitrogens is 1. The van der Waals surface area contributed by atoms with Crippen molar-refractivity contribution >= 4 is 17.8 Å². The first kappa shape index (κ1) is 10.6. The molecule has 0 aromatic carbocycles. The lowest BCUT2D eigenvalue weighted by molar-refractivity contribution is 0.0690. The van der Waals surface area contributed by atoms with Crippen molar-refractivity contribution in [2.24, 2.45) is 5.73 Å². The van der Waals surface area contributed by atoms with Crippen LogP contribution in [-0.4, -0.2) is 33.0 Å². The van der Waals surface area contributed by atoms with Crippen LogP contribution in [0.3, 0.4) is 0 Å². The summed E-state index contributed by atoms with van der Waals surface area (Å²) in [6, 6.07) is 0.831. The van der Waals surface area contributed by atoms with Gasteiger partial charge in [0.2, 0.25) is 0 Å². The number of nitrogens with two attached hydrogens (primary N) is 1. The van der Waals surface area contributed by atoms with Gasteiger partial charge < -0.3 is 15.9 Å². The van der Waals surface area contributed by atoms with Gasteiger partial charge in [-0.25, -0.2) is 14.6 Å². The molecule has 78 valence electrons. The summed E-state index contributed by atoms with van der Waals surface area (Å²) < 4.78 is 0. The molecule has 7 heteroatoms. The van der Waals surface area contributed by atoms with Crippen LogP contribution in [0.15, 0.2) is 12.3 Å². The largest absolute Gasteiger partial charge is 0.478 e. The van der Waals surface area contributed by atoms with Crippen LogP contribution in [0, 0.1) is 0 Å². The SMILES string of the molecule is NC(=O)c1ncc(C(=O)O)cc1C(=O)O. The van der Waals surface area contributed by atoms with Gasteiger partial charge in [-0.05, 0) is 6.07 Å². The van der Waals surface area contributed by atoms with Crippen molar-refractivity contribution in [3.63, 3.8) is 0 Å². The Labute approximate surface area is 83.2 Å². The standard InChI is InChI=1S/C8H6N2O5/c9-6(11)5-4(8(14)15)1-3(2-10-5)7(12)13/h1-2H,(H2,9,11)(H,12,13)(H,14,15). The van der Waals surface area contributed by atoms with Crippen LogP contribution in [0.4, 0.5) is 0 Å². The molecule has 0 spiro atoms. The van der Waals surface area contributed by atoms with Crippen LogP contribution in [0.1, 0.15) is 31.2 Å². The quantitative estimate of drug-likeness (QED) is 0.620. The molecule has 0 aliphatic heterocycles. The second kappa shape index (κ2) is 3.74. The van der Waals surface area contributed by atoms with E-state index in [4.69, 9.17) is 15.9 Å². The topological polar surface area (TPSA) is 131 Å².